The number of aliphatic hydroxyl groups is 1. The number of fused-ring (bicyclic) bond motifs is 1. The zero-order valence-electron chi connectivity index (χ0n) is 12.3. The predicted molar refractivity (Wildman–Crippen MR) is 82.1 cm³/mol. The van der Waals surface area contributed by atoms with Crippen LogP contribution < -0.4 is 4.72 Å². The Hall–Kier alpha value is -1.90. The molecule has 0 spiro atoms. The Kier molecular flexibility index (Phi) is 4.84. The van der Waals surface area contributed by atoms with Gasteiger partial charge in [-0.1, -0.05) is 6.07 Å². The van der Waals surface area contributed by atoms with Crippen LogP contribution in [-0.2, 0) is 26.9 Å². The second-order valence-corrected chi connectivity index (χ2v) is 6.71. The van der Waals surface area contributed by atoms with E-state index in [0.717, 1.165) is 0 Å². The molecule has 1 aromatic heterocycles. The smallest absolute Gasteiger partial charge is 0.354 e. The molecule has 0 atom stereocenters. The fourth-order valence-corrected chi connectivity index (χ4v) is 3.09. The minimum Gasteiger partial charge on any atom is -0.464 e. The summed E-state index contributed by atoms with van der Waals surface area (Å²) in [6.45, 7) is -0.129. The number of nitrogens with one attached hydrogen (secondary N) is 2. The number of benzene rings is 1. The van der Waals surface area contributed by atoms with E-state index in [4.69, 9.17) is 4.74 Å². The molecule has 1 heterocycles. The van der Waals surface area contributed by atoms with Crippen LogP contribution in [-0.4, -0.2) is 45.2 Å². The van der Waals surface area contributed by atoms with Crippen LogP contribution >= 0.6 is 0 Å². The first-order valence-electron chi connectivity index (χ1n) is 6.65. The van der Waals surface area contributed by atoms with Crippen molar-refractivity contribution in [3.8, 4) is 0 Å². The highest BCUT2D eigenvalue weighted by Gasteiger charge is 2.19. The number of ether oxygens (including phenoxy) is 1. The van der Waals surface area contributed by atoms with E-state index in [2.05, 4.69) is 9.71 Å². The van der Waals surface area contributed by atoms with Crippen molar-refractivity contribution in [2.24, 2.45) is 0 Å². The third kappa shape index (κ3) is 3.29. The zero-order chi connectivity index (χ0) is 16.3. The van der Waals surface area contributed by atoms with Crippen LogP contribution in [0.1, 0.15) is 21.6 Å². The Morgan fingerprint density at radius 1 is 1.41 bits per heavy atom. The molecule has 8 heteroatoms. The number of aromatic nitrogens is 1. The number of aromatic amines is 1. The SMILES string of the molecule is CNS(=O)(=O)Cc1ccc2[nH]c(C(=O)OC)c(CCO)c2c1. The van der Waals surface area contributed by atoms with E-state index in [1.54, 1.807) is 18.2 Å². The van der Waals surface area contributed by atoms with Gasteiger partial charge in [0, 0.05) is 17.5 Å². The van der Waals surface area contributed by atoms with E-state index in [1.165, 1.54) is 14.2 Å². The van der Waals surface area contributed by atoms with Gasteiger partial charge in [-0.25, -0.2) is 17.9 Å². The van der Waals surface area contributed by atoms with Gasteiger partial charge in [-0.15, -0.1) is 0 Å². The van der Waals surface area contributed by atoms with Gasteiger partial charge in [0.2, 0.25) is 10.0 Å². The Morgan fingerprint density at radius 2 is 2.14 bits per heavy atom. The molecule has 2 aromatic rings. The number of methoxy groups -OCH3 is 1. The van der Waals surface area contributed by atoms with Crippen molar-refractivity contribution in [3.63, 3.8) is 0 Å². The molecule has 2 rings (SSSR count). The summed E-state index contributed by atoms with van der Waals surface area (Å²) in [5.41, 5.74) is 2.18. The van der Waals surface area contributed by atoms with Crippen LogP contribution in [0.3, 0.4) is 0 Å². The lowest BCUT2D eigenvalue weighted by atomic mass is 10.1. The predicted octanol–water partition coefficient (Wildman–Crippen LogP) is 0.538. The molecule has 3 N–H and O–H groups in total. The second-order valence-electron chi connectivity index (χ2n) is 4.79. The molecule has 1 aromatic carbocycles. The Bertz CT molecular complexity index is 795. The number of carbonyl (C=O) groups is 1. The Balaban J connectivity index is 2.55. The van der Waals surface area contributed by atoms with Crippen LogP contribution in [0.25, 0.3) is 10.9 Å². The summed E-state index contributed by atoms with van der Waals surface area (Å²) >= 11 is 0. The molecule has 0 amide bonds. The van der Waals surface area contributed by atoms with Gasteiger partial charge in [-0.2, -0.15) is 0 Å². The topological polar surface area (TPSA) is 108 Å². The number of hydrogen-bond donors (Lipinski definition) is 3. The minimum atomic E-state index is -3.38. The van der Waals surface area contributed by atoms with Gasteiger partial charge in [0.1, 0.15) is 5.69 Å². The highest BCUT2D eigenvalue weighted by atomic mass is 32.2. The van der Waals surface area contributed by atoms with Gasteiger partial charge in [-0.05, 0) is 36.7 Å². The molecule has 7 nitrogen and oxygen atoms in total. The molecular formula is C14H18N2O5S. The molecule has 0 bridgehead atoms. The van der Waals surface area contributed by atoms with Crippen molar-refractivity contribution in [3.05, 3.63) is 35.0 Å². The van der Waals surface area contributed by atoms with Crippen molar-refractivity contribution >= 4 is 26.9 Å². The molecular weight excluding hydrogens is 308 g/mol. The van der Waals surface area contributed by atoms with E-state index in [-0.39, 0.29) is 24.5 Å². The third-order valence-electron chi connectivity index (χ3n) is 3.39. The first-order chi connectivity index (χ1) is 10.4. The number of rotatable bonds is 6. The highest BCUT2D eigenvalue weighted by molar-refractivity contribution is 7.88. The minimum absolute atomic E-state index is 0.129. The molecule has 22 heavy (non-hydrogen) atoms. The molecule has 0 radical (unpaired) electrons. The number of aliphatic hydroxyl groups excluding tert-OH is 1. The monoisotopic (exact) mass is 326 g/mol. The molecule has 0 unspecified atom stereocenters. The maximum atomic E-state index is 11.8. The lowest BCUT2D eigenvalue weighted by molar-refractivity contribution is 0.0593. The maximum absolute atomic E-state index is 11.8. The maximum Gasteiger partial charge on any atom is 0.354 e. The summed E-state index contributed by atoms with van der Waals surface area (Å²) < 4.78 is 30.3. The molecule has 0 aliphatic rings. The fraction of sp³-hybridized carbons (Fsp3) is 0.357. The number of hydrogen-bond acceptors (Lipinski definition) is 5. The van der Waals surface area contributed by atoms with Crippen molar-refractivity contribution in [2.75, 3.05) is 20.8 Å². The second kappa shape index (κ2) is 6.47. The summed E-state index contributed by atoms with van der Waals surface area (Å²) in [4.78, 5) is 14.8. The lowest BCUT2D eigenvalue weighted by Crippen LogP contribution is -2.20. The third-order valence-corrected chi connectivity index (χ3v) is 4.72. The summed E-state index contributed by atoms with van der Waals surface area (Å²) in [7, 11) is -0.745. The average Bonchev–Trinajstić information content (AvgIpc) is 2.85. The van der Waals surface area contributed by atoms with Gasteiger partial charge in [0.05, 0.1) is 12.9 Å². The van der Waals surface area contributed by atoms with Gasteiger partial charge < -0.3 is 14.8 Å². The Morgan fingerprint density at radius 3 is 2.73 bits per heavy atom. The van der Waals surface area contributed by atoms with E-state index >= 15 is 0 Å². The van der Waals surface area contributed by atoms with E-state index in [9.17, 15) is 18.3 Å². The lowest BCUT2D eigenvalue weighted by Gasteiger charge is -2.04. The standard InChI is InChI=1S/C14H18N2O5S/c1-15-22(19,20)8-9-3-4-12-11(7-9)10(5-6-17)13(16-12)14(18)21-2/h3-4,7,15-17H,5-6,8H2,1-2H3. The molecule has 0 aliphatic carbocycles. The van der Waals surface area contributed by atoms with Crippen molar-refractivity contribution in [2.45, 2.75) is 12.2 Å². The molecule has 0 saturated carbocycles. The van der Waals surface area contributed by atoms with E-state index < -0.39 is 16.0 Å². The summed E-state index contributed by atoms with van der Waals surface area (Å²) in [6.07, 6.45) is 0.271. The van der Waals surface area contributed by atoms with E-state index in [1.807, 2.05) is 0 Å². The number of esters is 1. The van der Waals surface area contributed by atoms with Crippen LogP contribution in [0.2, 0.25) is 0 Å². The molecule has 0 saturated heterocycles. The van der Waals surface area contributed by atoms with Gasteiger partial charge in [-0.3, -0.25) is 0 Å². The van der Waals surface area contributed by atoms with E-state index in [0.29, 0.717) is 22.0 Å². The Labute approximate surface area is 128 Å². The molecule has 0 aliphatic heterocycles. The first kappa shape index (κ1) is 16.5. The number of carbonyl (C=O) groups excluding carboxylic acids is 1. The normalized spacial score (nSPS) is 11.8. The molecule has 120 valence electrons. The van der Waals surface area contributed by atoms with Crippen molar-refractivity contribution in [1.29, 1.82) is 0 Å². The summed E-state index contributed by atoms with van der Waals surface area (Å²) in [6, 6.07) is 5.10. The summed E-state index contributed by atoms with van der Waals surface area (Å²) in [5, 5.41) is 9.91. The van der Waals surface area contributed by atoms with Crippen LogP contribution in [0, 0.1) is 0 Å². The van der Waals surface area contributed by atoms with Gasteiger partial charge in [0.15, 0.2) is 0 Å². The van der Waals surface area contributed by atoms with Crippen molar-refractivity contribution in [1.82, 2.24) is 9.71 Å². The zero-order valence-corrected chi connectivity index (χ0v) is 13.2. The van der Waals surface area contributed by atoms with Crippen LogP contribution in [0.15, 0.2) is 18.2 Å². The number of sulfonamides is 1. The van der Waals surface area contributed by atoms with Crippen LogP contribution in [0.4, 0.5) is 0 Å². The van der Waals surface area contributed by atoms with Crippen LogP contribution in [0.5, 0.6) is 0 Å². The first-order valence-corrected chi connectivity index (χ1v) is 8.31. The quantitative estimate of drug-likeness (QED) is 0.671. The highest BCUT2D eigenvalue weighted by Crippen LogP contribution is 2.25. The largest absolute Gasteiger partial charge is 0.464 e. The van der Waals surface area contributed by atoms with Gasteiger partial charge >= 0.3 is 5.97 Å². The average molecular weight is 326 g/mol. The molecule has 0 fully saturated rings. The fourth-order valence-electron chi connectivity index (χ4n) is 2.32. The van der Waals surface area contributed by atoms with Crippen molar-refractivity contribution < 1.29 is 23.1 Å². The number of H-pyrrole nitrogens is 1. The summed E-state index contributed by atoms with van der Waals surface area (Å²) in [5.74, 6) is -0.680. The van der Waals surface area contributed by atoms with Gasteiger partial charge in [0.25, 0.3) is 0 Å².